The smallest absolute Gasteiger partial charge is 0.457 e. The Morgan fingerprint density at radius 2 is 1.97 bits per heavy atom. The number of aromatic nitrogens is 4. The molecule has 16 heteroatoms. The van der Waals surface area contributed by atoms with Crippen LogP contribution < -0.4 is 11.0 Å². The fourth-order valence-electron chi connectivity index (χ4n) is 4.92. The normalized spacial score (nSPS) is 21.2. The standard InChI is InChI=1S/C22H18Cl2F4N6O4/c23-16-17(24)34-18(30-16)14(31-32-21(34)37)4-9-1-2-13(25)11(3-9)19(35)33-6-10-5-29-15(12(10)7-33)8-38-20(36)22(26,27)28/h1-3,10,12,15,29H,4-8H2,(H,32,37). The average Bonchev–Trinajstić information content (AvgIpc) is 3.53. The second-order valence-corrected chi connectivity index (χ2v) is 9.78. The third-order valence-electron chi connectivity index (χ3n) is 6.73. The fourth-order valence-corrected chi connectivity index (χ4v) is 5.28. The van der Waals surface area contributed by atoms with Crippen molar-refractivity contribution in [3.05, 3.63) is 61.6 Å². The van der Waals surface area contributed by atoms with Crippen LogP contribution >= 0.6 is 23.2 Å². The Morgan fingerprint density at radius 3 is 2.71 bits per heavy atom. The zero-order chi connectivity index (χ0) is 27.4. The molecule has 202 valence electrons. The number of hydrogen-bond acceptors (Lipinski definition) is 7. The molecule has 0 bridgehead atoms. The van der Waals surface area contributed by atoms with Gasteiger partial charge in [-0.25, -0.2) is 28.5 Å². The molecule has 0 saturated carbocycles. The van der Waals surface area contributed by atoms with Crippen molar-refractivity contribution >= 4 is 40.7 Å². The van der Waals surface area contributed by atoms with E-state index in [1.54, 1.807) is 0 Å². The number of rotatable bonds is 5. The number of nitrogens with zero attached hydrogens (tertiary/aromatic N) is 4. The molecule has 2 aliphatic rings. The van der Waals surface area contributed by atoms with E-state index in [0.717, 1.165) is 10.5 Å². The zero-order valence-electron chi connectivity index (χ0n) is 19.2. The number of carbonyl (C=O) groups excluding carboxylic acids is 2. The predicted octanol–water partition coefficient (Wildman–Crippen LogP) is 2.22. The first kappa shape index (κ1) is 26.4. The van der Waals surface area contributed by atoms with Crippen molar-refractivity contribution in [1.82, 2.24) is 29.8 Å². The van der Waals surface area contributed by atoms with Crippen LogP contribution in [0.15, 0.2) is 23.0 Å². The van der Waals surface area contributed by atoms with Gasteiger partial charge in [0.25, 0.3) is 5.91 Å². The molecular weight excluding hydrogens is 559 g/mol. The largest absolute Gasteiger partial charge is 0.490 e. The summed E-state index contributed by atoms with van der Waals surface area (Å²) < 4.78 is 57.5. The van der Waals surface area contributed by atoms with Crippen molar-refractivity contribution in [2.75, 3.05) is 26.2 Å². The van der Waals surface area contributed by atoms with Crippen LogP contribution in [0, 0.1) is 17.7 Å². The lowest BCUT2D eigenvalue weighted by Crippen LogP contribution is -2.39. The SMILES string of the molecule is O=C(c1cc(Cc2n[nH]c(=O)n3c(Cl)c(Cl)nc23)ccc1F)N1CC2CNC(COC(=O)C(F)(F)F)C2C1. The van der Waals surface area contributed by atoms with Gasteiger partial charge in [-0.3, -0.25) is 4.79 Å². The highest BCUT2D eigenvalue weighted by Crippen LogP contribution is 2.33. The van der Waals surface area contributed by atoms with Crippen molar-refractivity contribution in [3.63, 3.8) is 0 Å². The van der Waals surface area contributed by atoms with Gasteiger partial charge in [-0.2, -0.15) is 18.3 Å². The maximum atomic E-state index is 14.7. The van der Waals surface area contributed by atoms with E-state index in [2.05, 4.69) is 25.2 Å². The van der Waals surface area contributed by atoms with Crippen molar-refractivity contribution in [3.8, 4) is 0 Å². The Bertz CT molecular complexity index is 1490. The number of esters is 1. The van der Waals surface area contributed by atoms with Crippen LogP contribution in [0.3, 0.4) is 0 Å². The first-order valence-electron chi connectivity index (χ1n) is 11.3. The summed E-state index contributed by atoms with van der Waals surface area (Å²) in [6, 6.07) is 3.38. The highest BCUT2D eigenvalue weighted by molar-refractivity contribution is 6.40. The maximum absolute atomic E-state index is 14.7. The van der Waals surface area contributed by atoms with Crippen LogP contribution in [0.4, 0.5) is 17.6 Å². The first-order chi connectivity index (χ1) is 17.9. The number of fused-ring (bicyclic) bond motifs is 2. The van der Waals surface area contributed by atoms with Crippen LogP contribution in [0.1, 0.15) is 21.6 Å². The lowest BCUT2D eigenvalue weighted by molar-refractivity contribution is -0.200. The summed E-state index contributed by atoms with van der Waals surface area (Å²) in [6.07, 6.45) is -5.03. The topological polar surface area (TPSA) is 122 Å². The predicted molar refractivity (Wildman–Crippen MR) is 125 cm³/mol. The lowest BCUT2D eigenvalue weighted by atomic mass is 9.95. The molecule has 0 radical (unpaired) electrons. The highest BCUT2D eigenvalue weighted by atomic mass is 35.5. The summed E-state index contributed by atoms with van der Waals surface area (Å²) in [5.41, 5.74) is 0.0305. The van der Waals surface area contributed by atoms with Gasteiger partial charge in [0.2, 0.25) is 0 Å². The highest BCUT2D eigenvalue weighted by Gasteiger charge is 2.46. The number of hydrogen-bond donors (Lipinski definition) is 2. The maximum Gasteiger partial charge on any atom is 0.490 e. The number of aromatic amines is 1. The molecule has 38 heavy (non-hydrogen) atoms. The molecule has 2 aliphatic heterocycles. The van der Waals surface area contributed by atoms with Gasteiger partial charge in [0, 0.05) is 38.0 Å². The van der Waals surface area contributed by atoms with Gasteiger partial charge < -0.3 is 15.0 Å². The van der Waals surface area contributed by atoms with E-state index >= 15 is 0 Å². The van der Waals surface area contributed by atoms with E-state index in [-0.39, 0.29) is 58.6 Å². The summed E-state index contributed by atoms with van der Waals surface area (Å²) in [6.45, 7) is 0.334. The number of carbonyl (C=O) groups is 2. The molecule has 2 aromatic heterocycles. The lowest BCUT2D eigenvalue weighted by Gasteiger charge is -2.22. The van der Waals surface area contributed by atoms with Crippen molar-refractivity contribution in [2.24, 2.45) is 11.8 Å². The molecule has 5 rings (SSSR count). The molecule has 3 aromatic rings. The van der Waals surface area contributed by atoms with E-state index in [1.165, 1.54) is 17.0 Å². The molecular formula is C22H18Cl2F4N6O4. The molecule has 2 N–H and O–H groups in total. The number of nitrogens with one attached hydrogen (secondary N) is 2. The van der Waals surface area contributed by atoms with Gasteiger partial charge in [0.05, 0.1) is 5.56 Å². The number of ether oxygens (including phenoxy) is 1. The second-order valence-electron chi connectivity index (χ2n) is 9.06. The Kier molecular flexibility index (Phi) is 6.82. The van der Waals surface area contributed by atoms with E-state index in [0.29, 0.717) is 12.1 Å². The summed E-state index contributed by atoms with van der Waals surface area (Å²) in [4.78, 5) is 41.8. The zero-order valence-corrected chi connectivity index (χ0v) is 20.7. The third-order valence-corrected chi connectivity index (χ3v) is 7.43. The quantitative estimate of drug-likeness (QED) is 0.353. The van der Waals surface area contributed by atoms with Crippen LogP contribution in [0.25, 0.3) is 5.65 Å². The summed E-state index contributed by atoms with van der Waals surface area (Å²) in [5, 5.41) is 9.10. The minimum absolute atomic E-state index is 0.0618. The molecule has 1 amide bonds. The van der Waals surface area contributed by atoms with Gasteiger partial charge in [0.1, 0.15) is 18.1 Å². The van der Waals surface area contributed by atoms with Crippen molar-refractivity contribution in [2.45, 2.75) is 18.6 Å². The van der Waals surface area contributed by atoms with E-state index in [1.807, 2.05) is 0 Å². The molecule has 10 nitrogen and oxygen atoms in total. The van der Waals surface area contributed by atoms with E-state index in [9.17, 15) is 31.9 Å². The Labute approximate surface area is 220 Å². The Balaban J connectivity index is 1.31. The number of benzene rings is 1. The number of amides is 1. The van der Waals surface area contributed by atoms with Crippen molar-refractivity contribution in [1.29, 1.82) is 0 Å². The third kappa shape index (κ3) is 4.83. The van der Waals surface area contributed by atoms with Gasteiger partial charge in [-0.15, -0.1) is 0 Å². The fraction of sp³-hybridized carbons (Fsp3) is 0.409. The van der Waals surface area contributed by atoms with E-state index < -0.39 is 42.2 Å². The molecule has 4 heterocycles. The minimum atomic E-state index is -5.09. The van der Waals surface area contributed by atoms with E-state index in [4.69, 9.17) is 23.2 Å². The summed E-state index contributed by atoms with van der Waals surface area (Å²) >= 11 is 12.0. The Morgan fingerprint density at radius 1 is 1.21 bits per heavy atom. The molecule has 0 aliphatic carbocycles. The number of halogens is 6. The van der Waals surface area contributed by atoms with Crippen LogP contribution in [0.5, 0.6) is 0 Å². The number of alkyl halides is 3. The van der Waals surface area contributed by atoms with Crippen molar-refractivity contribution < 1.29 is 31.9 Å². The molecule has 1 aromatic carbocycles. The van der Waals surface area contributed by atoms with Crippen LogP contribution in [-0.2, 0) is 16.0 Å². The summed E-state index contributed by atoms with van der Waals surface area (Å²) in [5.74, 6) is -3.97. The second kappa shape index (κ2) is 9.82. The van der Waals surface area contributed by atoms with Gasteiger partial charge in [0.15, 0.2) is 16.0 Å². The molecule has 3 unspecified atom stereocenters. The molecule has 2 fully saturated rings. The van der Waals surface area contributed by atoms with Gasteiger partial charge >= 0.3 is 17.8 Å². The number of H-pyrrole nitrogens is 1. The van der Waals surface area contributed by atoms with Gasteiger partial charge in [-0.05, 0) is 23.6 Å². The molecule has 3 atom stereocenters. The van der Waals surface area contributed by atoms with Gasteiger partial charge in [-0.1, -0.05) is 29.3 Å². The van der Waals surface area contributed by atoms with Crippen LogP contribution in [0.2, 0.25) is 10.3 Å². The minimum Gasteiger partial charge on any atom is -0.457 e. The average molecular weight is 577 g/mol. The first-order valence-corrected chi connectivity index (χ1v) is 12.1. The Hall–Kier alpha value is -3.23. The molecule has 0 spiro atoms. The summed E-state index contributed by atoms with van der Waals surface area (Å²) in [7, 11) is 0. The number of imidazole rings is 1. The number of likely N-dealkylation sites (tertiary alicyclic amines) is 1. The van der Waals surface area contributed by atoms with Crippen LogP contribution in [-0.4, -0.2) is 74.8 Å². The molecule has 2 saturated heterocycles. The monoisotopic (exact) mass is 576 g/mol.